The maximum atomic E-state index is 12.8. The molecule has 0 aliphatic rings. The van der Waals surface area contributed by atoms with Crippen molar-refractivity contribution in [3.05, 3.63) is 50.8 Å². The van der Waals surface area contributed by atoms with Gasteiger partial charge in [0.1, 0.15) is 9.90 Å². The first-order chi connectivity index (χ1) is 11.3. The van der Waals surface area contributed by atoms with Gasteiger partial charge in [0.15, 0.2) is 0 Å². The minimum absolute atomic E-state index is 0.282. The zero-order chi connectivity index (χ0) is 17.5. The first kappa shape index (κ1) is 17.4. The van der Waals surface area contributed by atoms with Crippen molar-refractivity contribution in [3.63, 3.8) is 0 Å². The molecule has 0 bridgehead atoms. The summed E-state index contributed by atoms with van der Waals surface area (Å²) >= 11 is 8.87. The Bertz CT molecular complexity index is 1010. The van der Waals surface area contributed by atoms with Gasteiger partial charge in [-0.2, -0.15) is 0 Å². The molecule has 0 saturated carbocycles. The number of aryl methyl sites for hydroxylation is 3. The minimum atomic E-state index is -3.67. The van der Waals surface area contributed by atoms with E-state index < -0.39 is 10.0 Å². The van der Waals surface area contributed by atoms with E-state index in [-0.39, 0.29) is 4.90 Å². The van der Waals surface area contributed by atoms with Gasteiger partial charge in [-0.1, -0.05) is 11.6 Å². The Hall–Kier alpha value is -1.41. The van der Waals surface area contributed by atoms with Gasteiger partial charge in [0, 0.05) is 21.0 Å². The number of sulfonamides is 1. The molecular formula is C16H15ClN2O2S3. The second kappa shape index (κ2) is 6.48. The number of hydrogen-bond acceptors (Lipinski definition) is 5. The number of hydrogen-bond donors (Lipinski definition) is 1. The SMILES string of the molecule is Cc1csc(-c2cc(S(=O)(=O)Nc3ccc(Cl)cc3C)c(C)s2)n1. The molecule has 0 aliphatic carbocycles. The molecule has 0 fully saturated rings. The summed E-state index contributed by atoms with van der Waals surface area (Å²) in [5, 5.41) is 3.36. The first-order valence-electron chi connectivity index (χ1n) is 7.08. The molecule has 2 heterocycles. The highest BCUT2D eigenvalue weighted by Gasteiger charge is 2.22. The number of rotatable bonds is 4. The summed E-state index contributed by atoms with van der Waals surface area (Å²) in [6.45, 7) is 5.54. The predicted molar refractivity (Wildman–Crippen MR) is 102 cm³/mol. The Labute approximate surface area is 154 Å². The van der Waals surface area contributed by atoms with E-state index in [0.717, 1.165) is 26.0 Å². The molecule has 0 saturated heterocycles. The quantitative estimate of drug-likeness (QED) is 0.652. The fourth-order valence-corrected chi connectivity index (χ4v) is 6.06. The van der Waals surface area contributed by atoms with Crippen molar-refractivity contribution >= 4 is 50.0 Å². The average molecular weight is 399 g/mol. The molecular weight excluding hydrogens is 384 g/mol. The average Bonchev–Trinajstić information content (AvgIpc) is 3.08. The highest BCUT2D eigenvalue weighted by Crippen LogP contribution is 2.36. The molecule has 126 valence electrons. The van der Waals surface area contributed by atoms with E-state index in [1.54, 1.807) is 31.2 Å². The second-order valence-electron chi connectivity index (χ2n) is 5.39. The van der Waals surface area contributed by atoms with Gasteiger partial charge < -0.3 is 0 Å². The van der Waals surface area contributed by atoms with Gasteiger partial charge in [-0.05, 0) is 50.6 Å². The third kappa shape index (κ3) is 3.49. The topological polar surface area (TPSA) is 59.1 Å². The van der Waals surface area contributed by atoms with E-state index in [2.05, 4.69) is 9.71 Å². The largest absolute Gasteiger partial charge is 0.279 e. The van der Waals surface area contributed by atoms with Crippen molar-refractivity contribution in [1.82, 2.24) is 4.98 Å². The van der Waals surface area contributed by atoms with E-state index in [1.165, 1.54) is 22.7 Å². The fraction of sp³-hybridized carbons (Fsp3) is 0.188. The van der Waals surface area contributed by atoms with E-state index in [0.29, 0.717) is 10.7 Å². The molecule has 0 radical (unpaired) electrons. The Balaban J connectivity index is 1.96. The number of anilines is 1. The van der Waals surface area contributed by atoms with Crippen molar-refractivity contribution < 1.29 is 8.42 Å². The highest BCUT2D eigenvalue weighted by atomic mass is 35.5. The van der Waals surface area contributed by atoms with Gasteiger partial charge in [-0.3, -0.25) is 4.72 Å². The summed E-state index contributed by atoms with van der Waals surface area (Å²) in [4.78, 5) is 6.30. The molecule has 3 rings (SSSR count). The maximum absolute atomic E-state index is 12.8. The van der Waals surface area contributed by atoms with E-state index in [4.69, 9.17) is 11.6 Å². The molecule has 0 aliphatic heterocycles. The van der Waals surface area contributed by atoms with Crippen LogP contribution in [0.5, 0.6) is 0 Å². The summed E-state index contributed by atoms with van der Waals surface area (Å²) in [5.74, 6) is 0. The van der Waals surface area contributed by atoms with Crippen LogP contribution < -0.4 is 4.72 Å². The summed E-state index contributed by atoms with van der Waals surface area (Å²) < 4.78 is 28.2. The molecule has 24 heavy (non-hydrogen) atoms. The molecule has 8 heteroatoms. The molecule has 4 nitrogen and oxygen atoms in total. The van der Waals surface area contributed by atoms with Crippen LogP contribution in [0.15, 0.2) is 34.5 Å². The normalized spacial score (nSPS) is 11.7. The van der Waals surface area contributed by atoms with E-state index in [9.17, 15) is 8.42 Å². The van der Waals surface area contributed by atoms with Gasteiger partial charge in [-0.25, -0.2) is 13.4 Å². The number of benzene rings is 1. The predicted octanol–water partition coefficient (Wildman–Crippen LogP) is 5.25. The van der Waals surface area contributed by atoms with Crippen molar-refractivity contribution in [3.8, 4) is 9.88 Å². The maximum Gasteiger partial charge on any atom is 0.263 e. The number of thiophene rings is 1. The zero-order valence-electron chi connectivity index (χ0n) is 13.3. The number of nitrogens with one attached hydrogen (secondary N) is 1. The van der Waals surface area contributed by atoms with E-state index in [1.807, 2.05) is 19.2 Å². The van der Waals surface area contributed by atoms with E-state index >= 15 is 0 Å². The van der Waals surface area contributed by atoms with Crippen LogP contribution in [0.4, 0.5) is 5.69 Å². The van der Waals surface area contributed by atoms with Crippen LogP contribution in [-0.4, -0.2) is 13.4 Å². The molecule has 1 N–H and O–H groups in total. The van der Waals surface area contributed by atoms with Crippen LogP contribution in [0.1, 0.15) is 16.1 Å². The summed E-state index contributed by atoms with van der Waals surface area (Å²) in [7, 11) is -3.67. The standard InChI is InChI=1S/C16H15ClN2O2S3/c1-9-6-12(17)4-5-13(9)19-24(20,21)15-7-14(23-11(15)3)16-18-10(2)8-22-16/h4-8,19H,1-3H3. The lowest BCUT2D eigenvalue weighted by atomic mass is 10.2. The lowest BCUT2D eigenvalue weighted by Crippen LogP contribution is -2.13. The molecule has 0 atom stereocenters. The van der Waals surface area contributed by atoms with Crippen molar-refractivity contribution in [2.45, 2.75) is 25.7 Å². The first-order valence-corrected chi connectivity index (χ1v) is 10.6. The van der Waals surface area contributed by atoms with Crippen LogP contribution in [0.3, 0.4) is 0 Å². The lowest BCUT2D eigenvalue weighted by molar-refractivity contribution is 0.601. The summed E-state index contributed by atoms with van der Waals surface area (Å²) in [6, 6.07) is 6.74. The van der Waals surface area contributed by atoms with Crippen molar-refractivity contribution in [1.29, 1.82) is 0 Å². The zero-order valence-corrected chi connectivity index (χ0v) is 16.5. The number of thiazole rings is 1. The minimum Gasteiger partial charge on any atom is -0.279 e. The molecule has 1 aromatic carbocycles. The third-order valence-corrected chi connectivity index (χ3v) is 7.46. The number of nitrogens with zero attached hydrogens (tertiary/aromatic N) is 1. The Morgan fingerprint density at radius 1 is 1.17 bits per heavy atom. The van der Waals surface area contributed by atoms with Crippen LogP contribution in [0.25, 0.3) is 9.88 Å². The third-order valence-electron chi connectivity index (χ3n) is 3.42. The van der Waals surface area contributed by atoms with Crippen LogP contribution in [0, 0.1) is 20.8 Å². The Morgan fingerprint density at radius 2 is 1.92 bits per heavy atom. The fourth-order valence-electron chi connectivity index (χ4n) is 2.25. The monoisotopic (exact) mass is 398 g/mol. The smallest absolute Gasteiger partial charge is 0.263 e. The van der Waals surface area contributed by atoms with Gasteiger partial charge in [-0.15, -0.1) is 22.7 Å². The molecule has 0 spiro atoms. The second-order valence-corrected chi connectivity index (χ2v) is 9.59. The van der Waals surface area contributed by atoms with Crippen LogP contribution in [-0.2, 0) is 10.0 Å². The van der Waals surface area contributed by atoms with Gasteiger partial charge in [0.2, 0.25) is 0 Å². The highest BCUT2D eigenvalue weighted by molar-refractivity contribution is 7.93. The molecule has 0 unspecified atom stereocenters. The number of halogens is 1. The van der Waals surface area contributed by atoms with Gasteiger partial charge >= 0.3 is 0 Å². The summed E-state index contributed by atoms with van der Waals surface area (Å²) in [6.07, 6.45) is 0. The Kier molecular flexibility index (Phi) is 4.70. The summed E-state index contributed by atoms with van der Waals surface area (Å²) in [5.41, 5.74) is 2.23. The lowest BCUT2D eigenvalue weighted by Gasteiger charge is -2.10. The Morgan fingerprint density at radius 3 is 2.54 bits per heavy atom. The van der Waals surface area contributed by atoms with Crippen molar-refractivity contribution in [2.75, 3.05) is 4.72 Å². The van der Waals surface area contributed by atoms with Crippen LogP contribution >= 0.6 is 34.3 Å². The molecule has 0 amide bonds. The van der Waals surface area contributed by atoms with Crippen LogP contribution in [0.2, 0.25) is 5.02 Å². The van der Waals surface area contributed by atoms with Crippen molar-refractivity contribution in [2.24, 2.45) is 0 Å². The van der Waals surface area contributed by atoms with Gasteiger partial charge in [0.05, 0.1) is 10.6 Å². The molecule has 3 aromatic rings. The number of aromatic nitrogens is 1. The van der Waals surface area contributed by atoms with Gasteiger partial charge in [0.25, 0.3) is 10.0 Å². The molecule has 2 aromatic heterocycles.